The lowest BCUT2D eigenvalue weighted by atomic mass is 10.1. The molecule has 0 aliphatic heterocycles. The van der Waals surface area contributed by atoms with E-state index >= 15 is 0 Å². The van der Waals surface area contributed by atoms with Crippen LogP contribution in [0, 0.1) is 13.8 Å². The highest BCUT2D eigenvalue weighted by Crippen LogP contribution is 2.26. The number of anilines is 4. The molecule has 0 atom stereocenters. The molecule has 0 fully saturated rings. The molecule has 4 amide bonds. The lowest BCUT2D eigenvalue weighted by Crippen LogP contribution is -2.19. The average Bonchev–Trinajstić information content (AvgIpc) is 3.27. The molecule has 0 unspecified atom stereocenters. The van der Waals surface area contributed by atoms with E-state index in [0.29, 0.717) is 0 Å². The summed E-state index contributed by atoms with van der Waals surface area (Å²) in [6, 6.07) is 40.2. The number of rotatable bonds is 14. The Bertz CT molecular complexity index is 2970. The van der Waals surface area contributed by atoms with Crippen LogP contribution in [-0.4, -0.2) is 40.8 Å². The van der Waals surface area contributed by atoms with Crippen molar-refractivity contribution in [2.75, 3.05) is 21.3 Å². The van der Waals surface area contributed by atoms with Crippen LogP contribution in [0.15, 0.2) is 180 Å². The third-order valence-corrected chi connectivity index (χ3v) is 11.7. The first-order valence-corrected chi connectivity index (χ1v) is 22.5. The van der Waals surface area contributed by atoms with Gasteiger partial charge < -0.3 is 39.1 Å². The van der Waals surface area contributed by atoms with Gasteiger partial charge in [-0.3, -0.25) is 0 Å². The summed E-state index contributed by atoms with van der Waals surface area (Å²) in [4.78, 5) is 52.0. The Hall–Kier alpha value is -8.48. The fraction of sp³-hybridized carbons (Fsp3) is 0.0417. The van der Waals surface area contributed by atoms with Crippen LogP contribution in [0.4, 0.5) is 32.3 Å². The summed E-state index contributed by atoms with van der Waals surface area (Å²) in [6.07, 6.45) is 0. The van der Waals surface area contributed by atoms with Gasteiger partial charge in [-0.2, -0.15) is 16.8 Å². The van der Waals surface area contributed by atoms with E-state index < -0.39 is 44.2 Å². The molecule has 7 aromatic carbocycles. The van der Waals surface area contributed by atoms with Crippen molar-refractivity contribution >= 4 is 67.0 Å². The largest absolute Gasteiger partial charge is 0.423 e. The summed E-state index contributed by atoms with van der Waals surface area (Å²) in [5.74, 6) is -1.52. The van der Waals surface area contributed by atoms with Crippen LogP contribution >= 0.6 is 0 Å². The van der Waals surface area contributed by atoms with Crippen molar-refractivity contribution in [3.8, 4) is 23.0 Å². The number of esters is 2. The Morgan fingerprint density at radius 2 is 0.682 bits per heavy atom. The van der Waals surface area contributed by atoms with Gasteiger partial charge in [-0.05, 0) is 105 Å². The molecule has 4 N–H and O–H groups in total. The third-order valence-electron chi connectivity index (χ3n) is 9.15. The zero-order valence-electron chi connectivity index (χ0n) is 34.9. The number of amides is 4. The van der Waals surface area contributed by atoms with Crippen LogP contribution in [0.5, 0.6) is 23.0 Å². The molecule has 18 heteroatoms. The normalized spacial score (nSPS) is 11.1. The maximum absolute atomic E-state index is 13.2. The highest BCUT2D eigenvalue weighted by Gasteiger charge is 2.20. The molecular formula is C48H38N4O12S2. The van der Waals surface area contributed by atoms with E-state index in [1.54, 1.807) is 48.5 Å². The molecule has 0 saturated heterocycles. The molecule has 0 aliphatic rings. The van der Waals surface area contributed by atoms with E-state index in [0.717, 1.165) is 11.1 Å². The lowest BCUT2D eigenvalue weighted by Gasteiger charge is -2.12. The maximum Gasteiger partial charge on any atom is 0.343 e. The van der Waals surface area contributed by atoms with Crippen LogP contribution in [0.3, 0.4) is 0 Å². The molecule has 0 aromatic heterocycles. The van der Waals surface area contributed by atoms with Crippen molar-refractivity contribution in [1.82, 2.24) is 0 Å². The highest BCUT2D eigenvalue weighted by atomic mass is 32.2. The third kappa shape index (κ3) is 12.4. The topological polar surface area (TPSA) is 222 Å². The molecule has 7 aromatic rings. The molecule has 0 spiro atoms. The summed E-state index contributed by atoms with van der Waals surface area (Å²) >= 11 is 0. The van der Waals surface area contributed by atoms with E-state index in [2.05, 4.69) is 21.3 Å². The van der Waals surface area contributed by atoms with Gasteiger partial charge in [-0.25, -0.2) is 19.2 Å². The number of nitrogens with one attached hydrogen (secondary N) is 4. The Labute approximate surface area is 379 Å². The van der Waals surface area contributed by atoms with Crippen molar-refractivity contribution in [1.29, 1.82) is 0 Å². The molecule has 7 rings (SSSR count). The monoisotopic (exact) mass is 926 g/mol. The second kappa shape index (κ2) is 19.9. The summed E-state index contributed by atoms with van der Waals surface area (Å²) in [5.41, 5.74) is 2.78. The molecule has 0 aliphatic carbocycles. The molecule has 0 bridgehead atoms. The number of urea groups is 2. The van der Waals surface area contributed by atoms with Crippen LogP contribution in [0.2, 0.25) is 0 Å². The van der Waals surface area contributed by atoms with E-state index in [9.17, 15) is 36.0 Å². The van der Waals surface area contributed by atoms with Gasteiger partial charge in [0.1, 0.15) is 32.8 Å². The van der Waals surface area contributed by atoms with E-state index in [1.165, 1.54) is 121 Å². The van der Waals surface area contributed by atoms with Gasteiger partial charge in [0.15, 0.2) is 0 Å². The SMILES string of the molecule is Cc1ccc(S(=O)(=O)Oc2cccc(NC(=O)Nc3cccc(OC(=O)c4cccc(C(=O)Oc5cccc(NC(=O)Nc6cccc(OS(=O)(=O)c7ccc(C)cc7)c6)c5)c4)c3)c2)cc1. The second-order valence-electron chi connectivity index (χ2n) is 14.3. The number of carbonyl (C=O) groups excluding carboxylic acids is 4. The van der Waals surface area contributed by atoms with Gasteiger partial charge in [0.05, 0.1) is 11.1 Å². The van der Waals surface area contributed by atoms with Gasteiger partial charge >= 0.3 is 44.2 Å². The number of aryl methyl sites for hydroxylation is 2. The number of benzene rings is 7. The average molecular weight is 927 g/mol. The molecule has 0 radical (unpaired) electrons. The molecule has 0 saturated carbocycles. The molecule has 16 nitrogen and oxygen atoms in total. The van der Waals surface area contributed by atoms with Gasteiger partial charge in [0.25, 0.3) is 0 Å². The number of hydrogen-bond donors (Lipinski definition) is 4. The fourth-order valence-electron chi connectivity index (χ4n) is 5.98. The smallest absolute Gasteiger partial charge is 0.343 e. The molecule has 0 heterocycles. The van der Waals surface area contributed by atoms with E-state index in [4.69, 9.17) is 17.8 Å². The quantitative estimate of drug-likeness (QED) is 0.0455. The first-order valence-electron chi connectivity index (χ1n) is 19.7. The summed E-state index contributed by atoms with van der Waals surface area (Å²) in [6.45, 7) is 3.66. The highest BCUT2D eigenvalue weighted by molar-refractivity contribution is 7.87. The van der Waals surface area contributed by atoms with Crippen LogP contribution in [0.25, 0.3) is 0 Å². The fourth-order valence-corrected chi connectivity index (χ4v) is 7.82. The molecule has 66 heavy (non-hydrogen) atoms. The minimum atomic E-state index is -4.12. The Balaban J connectivity index is 0.908. The van der Waals surface area contributed by atoms with E-state index in [1.807, 2.05) is 13.8 Å². The minimum absolute atomic E-state index is 0.0151. The van der Waals surface area contributed by atoms with Gasteiger partial charge in [-0.15, -0.1) is 0 Å². The predicted molar refractivity (Wildman–Crippen MR) is 245 cm³/mol. The first kappa shape index (κ1) is 45.5. The minimum Gasteiger partial charge on any atom is -0.423 e. The summed E-state index contributed by atoms with van der Waals surface area (Å²) in [7, 11) is -8.24. The van der Waals surface area contributed by atoms with Crippen LogP contribution in [0.1, 0.15) is 31.8 Å². The van der Waals surface area contributed by atoms with Gasteiger partial charge in [0, 0.05) is 47.0 Å². The predicted octanol–water partition coefficient (Wildman–Crippen LogP) is 9.57. The summed E-state index contributed by atoms with van der Waals surface area (Å²) in [5, 5.41) is 10.4. The maximum atomic E-state index is 13.2. The Morgan fingerprint density at radius 3 is 1.03 bits per heavy atom. The van der Waals surface area contributed by atoms with Crippen molar-refractivity contribution in [2.45, 2.75) is 23.6 Å². The zero-order chi connectivity index (χ0) is 46.8. The van der Waals surface area contributed by atoms with E-state index in [-0.39, 0.29) is 66.7 Å². The Morgan fingerprint density at radius 1 is 0.379 bits per heavy atom. The van der Waals surface area contributed by atoms with Gasteiger partial charge in [0.2, 0.25) is 0 Å². The molecular weight excluding hydrogens is 889 g/mol. The Kier molecular flexibility index (Phi) is 13.7. The standard InChI is InChI=1S/C48H38N4O12S2/c1-31-18-22-43(23-19-31)65(57,58)63-41-16-6-12-37(29-41)51-47(55)49-35-10-4-14-39(27-35)61-45(53)33-8-3-9-34(26-33)46(54)62-40-15-5-11-36(28-40)50-48(56)52-38-13-7-17-42(30-38)64-66(59,60)44-24-20-32(2)21-25-44/h3-30H,1-2H3,(H2,49,51,55)(H2,50,52,56). The number of ether oxygens (including phenoxy) is 2. The van der Waals surface area contributed by atoms with Crippen LogP contribution < -0.4 is 39.1 Å². The summed E-state index contributed by atoms with van der Waals surface area (Å²) < 4.78 is 72.5. The first-order chi connectivity index (χ1) is 31.6. The van der Waals surface area contributed by atoms with Crippen LogP contribution in [-0.2, 0) is 20.2 Å². The molecule has 334 valence electrons. The van der Waals surface area contributed by atoms with Gasteiger partial charge in [-0.1, -0.05) is 65.7 Å². The van der Waals surface area contributed by atoms with Crippen molar-refractivity contribution in [3.05, 3.63) is 192 Å². The number of hydrogen-bond acceptors (Lipinski definition) is 12. The number of carbonyl (C=O) groups is 4. The van der Waals surface area contributed by atoms with Crippen molar-refractivity contribution in [2.24, 2.45) is 0 Å². The second-order valence-corrected chi connectivity index (χ2v) is 17.4. The van der Waals surface area contributed by atoms with Crippen molar-refractivity contribution in [3.63, 3.8) is 0 Å². The zero-order valence-corrected chi connectivity index (χ0v) is 36.5. The van der Waals surface area contributed by atoms with Crippen molar-refractivity contribution < 1.29 is 53.9 Å². The lowest BCUT2D eigenvalue weighted by molar-refractivity contribution is 0.0734.